The molecule has 4 N–H and O–H groups in total. The third-order valence-electron chi connectivity index (χ3n) is 6.59. The monoisotopic (exact) mass is 474 g/mol. The van der Waals surface area contributed by atoms with Gasteiger partial charge in [-0.3, -0.25) is 0 Å². The smallest absolute Gasteiger partial charge is 0.119 e. The number of rotatable bonds is 6. The average molecular weight is 475 g/mol. The molecular weight excluding hydrogens is 448 g/mol. The number of para-hydroxylation sites is 4. The predicted molar refractivity (Wildman–Crippen MR) is 141 cm³/mol. The molecule has 36 heavy (non-hydrogen) atoms. The van der Waals surface area contributed by atoms with E-state index in [-0.39, 0.29) is 23.0 Å². The van der Waals surface area contributed by atoms with Crippen LogP contribution in [0.4, 0.5) is 0 Å². The van der Waals surface area contributed by atoms with E-state index in [0.717, 1.165) is 11.1 Å². The van der Waals surface area contributed by atoms with Crippen LogP contribution in [0.25, 0.3) is 0 Å². The van der Waals surface area contributed by atoms with Crippen molar-refractivity contribution < 1.29 is 20.4 Å². The Morgan fingerprint density at radius 3 is 0.750 bits per heavy atom. The highest BCUT2D eigenvalue weighted by Crippen LogP contribution is 2.43. The standard InChI is InChI=1S/C32H26O4/c33-27-13-5-1-9-23(27)31(24-10-2-6-14-28(24)34)21-17-19-22(20-18-21)32(25-11-3-7-15-29(25)35)26-12-4-8-16-30(26)36/h1-20,31-36H. The van der Waals surface area contributed by atoms with Gasteiger partial charge in [-0.05, 0) is 35.4 Å². The molecule has 0 aliphatic carbocycles. The summed E-state index contributed by atoms with van der Waals surface area (Å²) in [6, 6.07) is 36.4. The number of hydrogen-bond donors (Lipinski definition) is 4. The molecular formula is C32H26O4. The lowest BCUT2D eigenvalue weighted by Crippen LogP contribution is -2.07. The summed E-state index contributed by atoms with van der Waals surface area (Å²) in [6.07, 6.45) is 0. The molecule has 0 aromatic heterocycles. The highest BCUT2D eigenvalue weighted by Gasteiger charge is 2.25. The van der Waals surface area contributed by atoms with E-state index in [0.29, 0.717) is 22.3 Å². The lowest BCUT2D eigenvalue weighted by atomic mass is 9.81. The topological polar surface area (TPSA) is 80.9 Å². The SMILES string of the molecule is Oc1ccccc1C(c1ccc(C(c2ccccc2O)c2ccccc2O)cc1)c1ccccc1O. The van der Waals surface area contributed by atoms with Gasteiger partial charge in [-0.15, -0.1) is 0 Å². The van der Waals surface area contributed by atoms with Gasteiger partial charge in [0.15, 0.2) is 0 Å². The van der Waals surface area contributed by atoms with E-state index in [2.05, 4.69) is 0 Å². The molecule has 0 saturated heterocycles. The maximum atomic E-state index is 10.7. The summed E-state index contributed by atoms with van der Waals surface area (Å²) < 4.78 is 0. The molecule has 5 aromatic carbocycles. The molecule has 0 aliphatic heterocycles. The largest absolute Gasteiger partial charge is 0.508 e. The third-order valence-corrected chi connectivity index (χ3v) is 6.59. The lowest BCUT2D eigenvalue weighted by Gasteiger charge is -2.23. The van der Waals surface area contributed by atoms with Gasteiger partial charge in [0.25, 0.3) is 0 Å². The number of phenolic OH excluding ortho intramolecular Hbond substituents is 4. The van der Waals surface area contributed by atoms with Gasteiger partial charge < -0.3 is 20.4 Å². The van der Waals surface area contributed by atoms with E-state index in [1.807, 2.05) is 72.8 Å². The Labute approximate surface area is 210 Å². The summed E-state index contributed by atoms with van der Waals surface area (Å²) in [5, 5.41) is 42.6. The molecule has 0 saturated carbocycles. The van der Waals surface area contributed by atoms with Crippen LogP contribution in [0.2, 0.25) is 0 Å². The zero-order valence-electron chi connectivity index (χ0n) is 19.5. The molecule has 4 nitrogen and oxygen atoms in total. The van der Waals surface area contributed by atoms with Crippen molar-refractivity contribution in [3.05, 3.63) is 155 Å². The molecule has 0 unspecified atom stereocenters. The van der Waals surface area contributed by atoms with E-state index in [4.69, 9.17) is 0 Å². The molecule has 178 valence electrons. The van der Waals surface area contributed by atoms with Crippen molar-refractivity contribution >= 4 is 0 Å². The van der Waals surface area contributed by atoms with E-state index < -0.39 is 11.8 Å². The fourth-order valence-corrected chi connectivity index (χ4v) is 4.86. The van der Waals surface area contributed by atoms with Crippen molar-refractivity contribution in [2.45, 2.75) is 11.8 Å². The first-order valence-corrected chi connectivity index (χ1v) is 11.8. The number of phenols is 4. The molecule has 0 heterocycles. The van der Waals surface area contributed by atoms with Crippen molar-refractivity contribution in [1.82, 2.24) is 0 Å². The first kappa shape index (κ1) is 23.1. The van der Waals surface area contributed by atoms with Gasteiger partial charge in [0, 0.05) is 34.1 Å². The minimum atomic E-state index is -0.393. The Hall–Kier alpha value is -4.70. The van der Waals surface area contributed by atoms with Crippen LogP contribution in [0.15, 0.2) is 121 Å². The van der Waals surface area contributed by atoms with Crippen molar-refractivity contribution in [1.29, 1.82) is 0 Å². The normalized spacial score (nSPS) is 11.2. The summed E-state index contributed by atoms with van der Waals surface area (Å²) >= 11 is 0. The van der Waals surface area contributed by atoms with E-state index in [1.165, 1.54) is 0 Å². The van der Waals surface area contributed by atoms with Gasteiger partial charge in [-0.2, -0.15) is 0 Å². The Morgan fingerprint density at radius 1 is 0.306 bits per heavy atom. The maximum absolute atomic E-state index is 10.7. The minimum absolute atomic E-state index is 0.149. The molecule has 0 spiro atoms. The third kappa shape index (κ3) is 4.37. The van der Waals surface area contributed by atoms with Crippen LogP contribution in [0, 0.1) is 0 Å². The van der Waals surface area contributed by atoms with E-state index in [9.17, 15) is 20.4 Å². The van der Waals surface area contributed by atoms with Gasteiger partial charge in [0.1, 0.15) is 23.0 Å². The van der Waals surface area contributed by atoms with Crippen LogP contribution in [-0.2, 0) is 0 Å². The van der Waals surface area contributed by atoms with Crippen LogP contribution in [0.3, 0.4) is 0 Å². The summed E-state index contributed by atoms with van der Waals surface area (Å²) in [5.41, 5.74) is 4.51. The molecule has 0 fully saturated rings. The number of hydrogen-bond acceptors (Lipinski definition) is 4. The Morgan fingerprint density at radius 2 is 0.528 bits per heavy atom. The fraction of sp³-hybridized carbons (Fsp3) is 0.0625. The van der Waals surface area contributed by atoms with Gasteiger partial charge in [0.2, 0.25) is 0 Å². The predicted octanol–water partition coefficient (Wildman–Crippen LogP) is 6.87. The zero-order valence-corrected chi connectivity index (χ0v) is 19.5. The molecule has 0 amide bonds. The van der Waals surface area contributed by atoms with Crippen LogP contribution in [0.5, 0.6) is 23.0 Å². The molecule has 0 atom stereocenters. The lowest BCUT2D eigenvalue weighted by molar-refractivity contribution is 0.457. The Balaban J connectivity index is 1.64. The second kappa shape index (κ2) is 9.88. The molecule has 4 heteroatoms. The van der Waals surface area contributed by atoms with Gasteiger partial charge in [-0.25, -0.2) is 0 Å². The maximum Gasteiger partial charge on any atom is 0.119 e. The summed E-state index contributed by atoms with van der Waals surface area (Å²) in [7, 11) is 0. The summed E-state index contributed by atoms with van der Waals surface area (Å²) in [4.78, 5) is 0. The summed E-state index contributed by atoms with van der Waals surface area (Å²) in [5.74, 6) is -0.190. The van der Waals surface area contributed by atoms with Gasteiger partial charge >= 0.3 is 0 Å². The molecule has 0 aliphatic rings. The average Bonchev–Trinajstić information content (AvgIpc) is 2.89. The van der Waals surface area contributed by atoms with Crippen LogP contribution in [0.1, 0.15) is 45.2 Å². The van der Waals surface area contributed by atoms with Crippen molar-refractivity contribution in [2.24, 2.45) is 0 Å². The molecule has 0 bridgehead atoms. The Bertz CT molecular complexity index is 1290. The first-order valence-electron chi connectivity index (χ1n) is 11.8. The van der Waals surface area contributed by atoms with E-state index in [1.54, 1.807) is 48.5 Å². The molecule has 0 radical (unpaired) electrons. The second-order valence-electron chi connectivity index (χ2n) is 8.77. The highest BCUT2D eigenvalue weighted by molar-refractivity contribution is 5.55. The van der Waals surface area contributed by atoms with Crippen molar-refractivity contribution in [3.63, 3.8) is 0 Å². The zero-order chi connectivity index (χ0) is 25.1. The fourth-order valence-electron chi connectivity index (χ4n) is 4.86. The van der Waals surface area contributed by atoms with Crippen molar-refractivity contribution in [2.75, 3.05) is 0 Å². The van der Waals surface area contributed by atoms with E-state index >= 15 is 0 Å². The number of aromatic hydroxyl groups is 4. The quantitative estimate of drug-likeness (QED) is 0.203. The van der Waals surface area contributed by atoms with Crippen molar-refractivity contribution in [3.8, 4) is 23.0 Å². The summed E-state index contributed by atoms with van der Waals surface area (Å²) in [6.45, 7) is 0. The van der Waals surface area contributed by atoms with Gasteiger partial charge in [0.05, 0.1) is 0 Å². The van der Waals surface area contributed by atoms with Crippen LogP contribution in [-0.4, -0.2) is 20.4 Å². The van der Waals surface area contributed by atoms with Crippen LogP contribution < -0.4 is 0 Å². The minimum Gasteiger partial charge on any atom is -0.508 e. The second-order valence-corrected chi connectivity index (χ2v) is 8.77. The molecule has 5 rings (SSSR count). The first-order chi connectivity index (χ1) is 17.5. The highest BCUT2D eigenvalue weighted by atomic mass is 16.3. The Kier molecular flexibility index (Phi) is 6.33. The molecule has 5 aromatic rings. The van der Waals surface area contributed by atoms with Crippen LogP contribution >= 0.6 is 0 Å². The number of benzene rings is 5. The van der Waals surface area contributed by atoms with Gasteiger partial charge in [-0.1, -0.05) is 97.1 Å².